The largest absolute Gasteiger partial charge is 0.510 e. The number of hydrogen-bond donors (Lipinski definition) is 1. The first-order valence-corrected chi connectivity index (χ1v) is 5.61. The highest BCUT2D eigenvalue weighted by Crippen LogP contribution is 2.28. The van der Waals surface area contributed by atoms with E-state index in [9.17, 15) is 9.59 Å². The van der Waals surface area contributed by atoms with Crippen LogP contribution in [0, 0.1) is 0 Å². The predicted molar refractivity (Wildman–Crippen MR) is 62.6 cm³/mol. The topological polar surface area (TPSA) is 80.2 Å². The van der Waals surface area contributed by atoms with E-state index in [1.54, 1.807) is 13.8 Å². The molecule has 0 aromatic carbocycles. The second kappa shape index (κ2) is 4.67. The highest BCUT2D eigenvalue weighted by molar-refractivity contribution is 6.09. The summed E-state index contributed by atoms with van der Waals surface area (Å²) in [5, 5.41) is 4.03. The average molecular weight is 253 g/mol. The van der Waals surface area contributed by atoms with E-state index in [4.69, 9.17) is 4.74 Å². The van der Waals surface area contributed by atoms with Crippen molar-refractivity contribution < 1.29 is 19.1 Å². The Kier molecular flexibility index (Phi) is 3.22. The first-order valence-electron chi connectivity index (χ1n) is 5.61. The van der Waals surface area contributed by atoms with Crippen LogP contribution in [0.3, 0.4) is 0 Å². The summed E-state index contributed by atoms with van der Waals surface area (Å²) in [4.78, 5) is 24.7. The van der Waals surface area contributed by atoms with Gasteiger partial charge in [-0.2, -0.15) is 5.10 Å². The third-order valence-electron chi connectivity index (χ3n) is 3.06. The molecule has 18 heavy (non-hydrogen) atoms. The van der Waals surface area contributed by atoms with E-state index in [-0.39, 0.29) is 5.91 Å². The summed E-state index contributed by atoms with van der Waals surface area (Å²) < 4.78 is 9.58. The number of hydrazone groups is 1. The van der Waals surface area contributed by atoms with Crippen molar-refractivity contribution in [1.29, 1.82) is 0 Å². The maximum Gasteiger partial charge on any atom is 0.510 e. The molecule has 0 aliphatic carbocycles. The maximum atomic E-state index is 12.1. The molecule has 2 heterocycles. The number of rotatable bonds is 1. The lowest BCUT2D eigenvalue weighted by atomic mass is 10.2. The van der Waals surface area contributed by atoms with Crippen molar-refractivity contribution in [2.45, 2.75) is 26.5 Å². The molecule has 7 nitrogen and oxygen atoms in total. The van der Waals surface area contributed by atoms with Crippen LogP contribution >= 0.6 is 0 Å². The minimum absolute atomic E-state index is 0.191. The van der Waals surface area contributed by atoms with Gasteiger partial charge in [0.1, 0.15) is 5.84 Å². The van der Waals surface area contributed by atoms with Crippen molar-refractivity contribution in [2.24, 2.45) is 5.10 Å². The molecule has 0 aromatic heterocycles. The number of ether oxygens (including phenoxy) is 2. The Labute approximate surface area is 104 Å². The van der Waals surface area contributed by atoms with E-state index in [2.05, 4.69) is 15.3 Å². The first kappa shape index (κ1) is 12.4. The number of amides is 1. The second-order valence-electron chi connectivity index (χ2n) is 4.09. The Morgan fingerprint density at radius 3 is 2.78 bits per heavy atom. The van der Waals surface area contributed by atoms with Gasteiger partial charge >= 0.3 is 6.16 Å². The molecule has 0 saturated carbocycles. The van der Waals surface area contributed by atoms with Gasteiger partial charge in [-0.15, -0.1) is 0 Å². The highest BCUT2D eigenvalue weighted by atomic mass is 16.7. The van der Waals surface area contributed by atoms with E-state index in [1.807, 2.05) is 0 Å². The summed E-state index contributed by atoms with van der Waals surface area (Å²) in [6.45, 7) is 4.13. The maximum absolute atomic E-state index is 12.1. The number of hydrogen-bond acceptors (Lipinski definition) is 6. The van der Waals surface area contributed by atoms with Crippen LogP contribution < -0.4 is 5.43 Å². The van der Waals surface area contributed by atoms with Crippen LogP contribution in [-0.2, 0) is 14.3 Å². The summed E-state index contributed by atoms with van der Waals surface area (Å²) in [6.07, 6.45) is -0.963. The van der Waals surface area contributed by atoms with Gasteiger partial charge in [-0.25, -0.2) is 4.79 Å². The Bertz CT molecular complexity index is 455. The van der Waals surface area contributed by atoms with Gasteiger partial charge in [0.15, 0.2) is 0 Å². The monoisotopic (exact) mass is 253 g/mol. The molecule has 98 valence electrons. The number of amidine groups is 1. The zero-order valence-electron chi connectivity index (χ0n) is 10.5. The molecule has 0 saturated heterocycles. The molecule has 2 aliphatic heterocycles. The third-order valence-corrected chi connectivity index (χ3v) is 3.06. The number of methoxy groups -OCH3 is 1. The molecular formula is C11H15N3O4. The van der Waals surface area contributed by atoms with Crippen LogP contribution in [-0.4, -0.2) is 42.7 Å². The van der Waals surface area contributed by atoms with Crippen molar-refractivity contribution in [3.63, 3.8) is 0 Å². The molecule has 7 heteroatoms. The molecule has 0 aromatic rings. The average Bonchev–Trinajstić information content (AvgIpc) is 2.94. The normalized spacial score (nSPS) is 23.1. The Balaban J connectivity index is 2.26. The van der Waals surface area contributed by atoms with Crippen LogP contribution in [0.5, 0.6) is 0 Å². The fourth-order valence-corrected chi connectivity index (χ4v) is 1.91. The molecule has 2 aliphatic rings. The molecule has 1 N–H and O–H groups in total. The summed E-state index contributed by atoms with van der Waals surface area (Å²) in [5.41, 5.74) is 4.05. The van der Waals surface area contributed by atoms with Gasteiger partial charge in [0, 0.05) is 18.5 Å². The van der Waals surface area contributed by atoms with Crippen LogP contribution in [0.25, 0.3) is 0 Å². The van der Waals surface area contributed by atoms with E-state index in [0.717, 1.165) is 0 Å². The predicted octanol–water partition coefficient (Wildman–Crippen LogP) is 0.581. The first-order chi connectivity index (χ1) is 8.56. The van der Waals surface area contributed by atoms with E-state index in [0.29, 0.717) is 29.9 Å². The number of carbonyl (C=O) groups is 2. The van der Waals surface area contributed by atoms with Crippen molar-refractivity contribution in [1.82, 2.24) is 10.3 Å². The Morgan fingerprint density at radius 1 is 1.50 bits per heavy atom. The quantitative estimate of drug-likeness (QED) is 0.691. The van der Waals surface area contributed by atoms with E-state index >= 15 is 0 Å². The number of nitrogens with zero attached hydrogens (tertiary/aromatic N) is 2. The molecular weight excluding hydrogens is 238 g/mol. The third kappa shape index (κ3) is 1.92. The van der Waals surface area contributed by atoms with E-state index < -0.39 is 12.4 Å². The molecule has 1 atom stereocenters. The van der Waals surface area contributed by atoms with E-state index in [1.165, 1.54) is 12.0 Å². The standard InChI is InChI=1S/C11H15N3O4/c1-6-7(2)10(18-11(16)17-3)14(9(6)15)8-4-5-12-13-8/h10,12H,4-5H2,1-3H3. The lowest BCUT2D eigenvalue weighted by molar-refractivity contribution is -0.127. The fourth-order valence-electron chi connectivity index (χ4n) is 1.91. The SMILES string of the molecule is COC(=O)OC1C(C)=C(C)C(=O)N1C1=NNCC1. The Hall–Kier alpha value is -2.05. The highest BCUT2D eigenvalue weighted by Gasteiger charge is 2.41. The zero-order chi connectivity index (χ0) is 13.3. The molecule has 1 unspecified atom stereocenters. The minimum Gasteiger partial charge on any atom is -0.438 e. The van der Waals surface area contributed by atoms with Crippen LogP contribution in [0.2, 0.25) is 0 Å². The molecule has 0 bridgehead atoms. The van der Waals surface area contributed by atoms with Crippen molar-refractivity contribution >= 4 is 17.9 Å². The van der Waals surface area contributed by atoms with Gasteiger partial charge in [-0.3, -0.25) is 9.69 Å². The van der Waals surface area contributed by atoms with Gasteiger partial charge in [0.25, 0.3) is 5.91 Å². The Morgan fingerprint density at radius 2 is 2.22 bits per heavy atom. The minimum atomic E-state index is -0.821. The summed E-state index contributed by atoms with van der Waals surface area (Å²) in [5.74, 6) is 0.383. The van der Waals surface area contributed by atoms with Crippen LogP contribution in [0.15, 0.2) is 16.2 Å². The van der Waals surface area contributed by atoms with Gasteiger partial charge in [-0.05, 0) is 19.4 Å². The number of carbonyl (C=O) groups excluding carboxylic acids is 2. The van der Waals surface area contributed by atoms with Crippen molar-refractivity contribution in [2.75, 3.05) is 13.7 Å². The summed E-state index contributed by atoms with van der Waals surface area (Å²) in [6, 6.07) is 0. The van der Waals surface area contributed by atoms with Crippen LogP contribution in [0.1, 0.15) is 20.3 Å². The van der Waals surface area contributed by atoms with Gasteiger partial charge < -0.3 is 14.9 Å². The summed E-state index contributed by atoms with van der Waals surface area (Å²) >= 11 is 0. The molecule has 0 radical (unpaired) electrons. The van der Waals surface area contributed by atoms with Crippen molar-refractivity contribution in [3.8, 4) is 0 Å². The smallest absolute Gasteiger partial charge is 0.438 e. The lowest BCUT2D eigenvalue weighted by Gasteiger charge is -2.24. The lowest BCUT2D eigenvalue weighted by Crippen LogP contribution is -2.42. The fraction of sp³-hybridized carbons (Fsp3) is 0.545. The van der Waals surface area contributed by atoms with Gasteiger partial charge in [-0.1, -0.05) is 0 Å². The summed E-state index contributed by atoms with van der Waals surface area (Å²) in [7, 11) is 1.23. The molecule has 2 rings (SSSR count). The number of nitrogens with one attached hydrogen (secondary N) is 1. The molecule has 0 spiro atoms. The van der Waals surface area contributed by atoms with Crippen molar-refractivity contribution in [3.05, 3.63) is 11.1 Å². The molecule has 0 fully saturated rings. The second-order valence-corrected chi connectivity index (χ2v) is 4.09. The van der Waals surface area contributed by atoms with Gasteiger partial charge in [0.2, 0.25) is 6.23 Å². The molecule has 1 amide bonds. The van der Waals surface area contributed by atoms with Gasteiger partial charge in [0.05, 0.1) is 7.11 Å². The zero-order valence-corrected chi connectivity index (χ0v) is 10.5. The van der Waals surface area contributed by atoms with Crippen LogP contribution in [0.4, 0.5) is 4.79 Å².